The first-order chi connectivity index (χ1) is 7.34. The van der Waals surface area contributed by atoms with Gasteiger partial charge in [-0.2, -0.15) is 0 Å². The maximum atomic E-state index is 13.5. The van der Waals surface area contributed by atoms with Gasteiger partial charge in [0.15, 0.2) is 0 Å². The van der Waals surface area contributed by atoms with Gasteiger partial charge in [0.1, 0.15) is 5.82 Å². The van der Waals surface area contributed by atoms with Crippen LogP contribution in [0.4, 0.5) is 4.39 Å². The summed E-state index contributed by atoms with van der Waals surface area (Å²) in [6.07, 6.45) is 0.520. The highest BCUT2D eigenvalue weighted by molar-refractivity contribution is 6.30. The van der Waals surface area contributed by atoms with Gasteiger partial charge in [0.05, 0.1) is 0 Å². The molecule has 1 rings (SSSR count). The highest BCUT2D eigenvalue weighted by Crippen LogP contribution is 2.24. The van der Waals surface area contributed by atoms with Crippen LogP contribution in [0.3, 0.4) is 0 Å². The molecular formula is C12H18ClFN2. The van der Waals surface area contributed by atoms with Gasteiger partial charge < -0.3 is 0 Å². The second kappa shape index (κ2) is 5.13. The first kappa shape index (κ1) is 13.4. The van der Waals surface area contributed by atoms with E-state index in [0.29, 0.717) is 17.0 Å². The molecule has 3 N–H and O–H groups in total. The molecule has 0 aromatic heterocycles. The van der Waals surface area contributed by atoms with Crippen LogP contribution in [0.2, 0.25) is 5.02 Å². The van der Waals surface area contributed by atoms with E-state index >= 15 is 0 Å². The first-order valence-electron chi connectivity index (χ1n) is 5.24. The van der Waals surface area contributed by atoms with Gasteiger partial charge in [-0.15, -0.1) is 0 Å². The quantitative estimate of drug-likeness (QED) is 0.634. The number of hydrogen-bond donors (Lipinski definition) is 2. The SMILES string of the molecule is CC(C)(C)C(Cc1cc(Cl)ccc1F)NN. The Morgan fingerprint density at radius 2 is 2.06 bits per heavy atom. The average molecular weight is 245 g/mol. The van der Waals surface area contributed by atoms with E-state index in [2.05, 4.69) is 26.2 Å². The lowest BCUT2D eigenvalue weighted by Gasteiger charge is -2.30. The lowest BCUT2D eigenvalue weighted by atomic mass is 9.83. The van der Waals surface area contributed by atoms with Gasteiger partial charge in [-0.05, 0) is 35.6 Å². The van der Waals surface area contributed by atoms with Crippen molar-refractivity contribution in [3.05, 3.63) is 34.6 Å². The van der Waals surface area contributed by atoms with E-state index in [-0.39, 0.29) is 17.3 Å². The van der Waals surface area contributed by atoms with Gasteiger partial charge in [0.25, 0.3) is 0 Å². The third-order valence-corrected chi connectivity index (χ3v) is 2.91. The number of rotatable bonds is 3. The largest absolute Gasteiger partial charge is 0.271 e. The lowest BCUT2D eigenvalue weighted by molar-refractivity contribution is 0.267. The average Bonchev–Trinajstić information content (AvgIpc) is 2.17. The van der Waals surface area contributed by atoms with Crippen LogP contribution in [0.25, 0.3) is 0 Å². The molecule has 0 aliphatic carbocycles. The number of nitrogens with two attached hydrogens (primary N) is 1. The molecule has 0 fully saturated rings. The predicted octanol–water partition coefficient (Wildman–Crippen LogP) is 2.90. The molecule has 2 nitrogen and oxygen atoms in total. The Bertz CT molecular complexity index is 361. The van der Waals surface area contributed by atoms with E-state index in [0.717, 1.165) is 0 Å². The molecule has 90 valence electrons. The molecule has 1 aromatic rings. The summed E-state index contributed by atoms with van der Waals surface area (Å²) in [5.74, 6) is 5.25. The van der Waals surface area contributed by atoms with Gasteiger partial charge in [0.2, 0.25) is 0 Å². The number of hydrazine groups is 1. The maximum absolute atomic E-state index is 13.5. The van der Waals surface area contributed by atoms with E-state index in [1.807, 2.05) is 0 Å². The number of benzene rings is 1. The highest BCUT2D eigenvalue weighted by atomic mass is 35.5. The summed E-state index contributed by atoms with van der Waals surface area (Å²) in [6.45, 7) is 6.17. The van der Waals surface area contributed by atoms with Crippen LogP contribution in [0, 0.1) is 11.2 Å². The minimum absolute atomic E-state index is 0.000432. The van der Waals surface area contributed by atoms with E-state index in [1.54, 1.807) is 12.1 Å². The number of hydrogen-bond acceptors (Lipinski definition) is 2. The normalized spacial score (nSPS) is 13.9. The van der Waals surface area contributed by atoms with Crippen molar-refractivity contribution in [2.45, 2.75) is 33.2 Å². The molecule has 0 saturated heterocycles. The van der Waals surface area contributed by atoms with Crippen molar-refractivity contribution in [2.75, 3.05) is 0 Å². The van der Waals surface area contributed by atoms with Crippen molar-refractivity contribution in [3.8, 4) is 0 Å². The van der Waals surface area contributed by atoms with Crippen LogP contribution in [-0.4, -0.2) is 6.04 Å². The van der Waals surface area contributed by atoms with Crippen molar-refractivity contribution in [1.29, 1.82) is 0 Å². The van der Waals surface area contributed by atoms with Crippen LogP contribution >= 0.6 is 11.6 Å². The van der Waals surface area contributed by atoms with Gasteiger partial charge in [-0.25, -0.2) is 4.39 Å². The fraction of sp³-hybridized carbons (Fsp3) is 0.500. The minimum Gasteiger partial charge on any atom is -0.271 e. The Labute approximate surface area is 101 Å². The van der Waals surface area contributed by atoms with Crippen molar-refractivity contribution in [3.63, 3.8) is 0 Å². The molecule has 1 unspecified atom stereocenters. The molecule has 0 bridgehead atoms. The zero-order valence-electron chi connectivity index (χ0n) is 9.85. The van der Waals surface area contributed by atoms with Gasteiger partial charge in [0, 0.05) is 11.1 Å². The molecule has 4 heteroatoms. The van der Waals surface area contributed by atoms with E-state index in [4.69, 9.17) is 17.4 Å². The summed E-state index contributed by atoms with van der Waals surface area (Å²) in [7, 11) is 0. The van der Waals surface area contributed by atoms with Gasteiger partial charge in [-0.3, -0.25) is 11.3 Å². The number of halogens is 2. The molecular weight excluding hydrogens is 227 g/mol. The molecule has 0 radical (unpaired) electrons. The second-order valence-corrected chi connectivity index (χ2v) is 5.46. The molecule has 0 aliphatic heterocycles. The molecule has 1 atom stereocenters. The van der Waals surface area contributed by atoms with Crippen molar-refractivity contribution < 1.29 is 4.39 Å². The summed E-state index contributed by atoms with van der Waals surface area (Å²) < 4.78 is 13.5. The molecule has 1 aromatic carbocycles. The maximum Gasteiger partial charge on any atom is 0.126 e. The van der Waals surface area contributed by atoms with Crippen molar-refractivity contribution in [2.24, 2.45) is 11.3 Å². The summed E-state index contributed by atoms with van der Waals surface area (Å²) in [5.41, 5.74) is 3.28. The molecule has 16 heavy (non-hydrogen) atoms. The van der Waals surface area contributed by atoms with Crippen molar-refractivity contribution >= 4 is 11.6 Å². The Kier molecular flexibility index (Phi) is 4.30. The minimum atomic E-state index is -0.242. The van der Waals surface area contributed by atoms with Gasteiger partial charge in [-0.1, -0.05) is 32.4 Å². The van der Waals surface area contributed by atoms with Gasteiger partial charge >= 0.3 is 0 Å². The fourth-order valence-electron chi connectivity index (χ4n) is 1.53. The van der Waals surface area contributed by atoms with Crippen LogP contribution in [0.5, 0.6) is 0 Å². The zero-order chi connectivity index (χ0) is 12.3. The highest BCUT2D eigenvalue weighted by Gasteiger charge is 2.24. The summed E-state index contributed by atoms with van der Waals surface area (Å²) in [4.78, 5) is 0. The van der Waals surface area contributed by atoms with E-state index in [1.165, 1.54) is 6.07 Å². The van der Waals surface area contributed by atoms with E-state index < -0.39 is 0 Å². The Hall–Kier alpha value is -0.640. The smallest absolute Gasteiger partial charge is 0.126 e. The summed E-state index contributed by atoms with van der Waals surface area (Å²) in [5, 5.41) is 0.543. The molecule has 0 saturated carbocycles. The fourth-order valence-corrected chi connectivity index (χ4v) is 1.73. The zero-order valence-corrected chi connectivity index (χ0v) is 10.6. The van der Waals surface area contributed by atoms with Crippen LogP contribution in [0.15, 0.2) is 18.2 Å². The molecule has 0 aliphatic rings. The Morgan fingerprint density at radius 3 is 2.56 bits per heavy atom. The Balaban J connectivity index is 2.90. The third kappa shape index (κ3) is 3.44. The first-order valence-corrected chi connectivity index (χ1v) is 5.62. The molecule has 0 heterocycles. The summed E-state index contributed by atoms with van der Waals surface area (Å²) in [6, 6.07) is 4.57. The predicted molar refractivity (Wildman–Crippen MR) is 65.7 cm³/mol. The van der Waals surface area contributed by atoms with Crippen LogP contribution in [0.1, 0.15) is 26.3 Å². The second-order valence-electron chi connectivity index (χ2n) is 5.03. The van der Waals surface area contributed by atoms with Crippen LogP contribution in [-0.2, 0) is 6.42 Å². The monoisotopic (exact) mass is 244 g/mol. The topological polar surface area (TPSA) is 38.0 Å². The van der Waals surface area contributed by atoms with Crippen LogP contribution < -0.4 is 11.3 Å². The van der Waals surface area contributed by atoms with Crippen molar-refractivity contribution in [1.82, 2.24) is 5.43 Å². The van der Waals surface area contributed by atoms with E-state index in [9.17, 15) is 4.39 Å². The Morgan fingerprint density at radius 1 is 1.44 bits per heavy atom. The molecule has 0 amide bonds. The lowest BCUT2D eigenvalue weighted by Crippen LogP contribution is -2.45. The molecule has 0 spiro atoms. The summed E-state index contributed by atoms with van der Waals surface area (Å²) >= 11 is 5.84. The third-order valence-electron chi connectivity index (χ3n) is 2.68. The standard InChI is InChI=1S/C12H18ClFN2/c1-12(2,3)11(16-15)7-8-6-9(13)4-5-10(8)14/h4-6,11,16H,7,15H2,1-3H3. The number of nitrogens with one attached hydrogen (secondary N) is 1.